The molecule has 0 radical (unpaired) electrons. The lowest BCUT2D eigenvalue weighted by atomic mass is 9.71. The number of thiazole rings is 1. The molecule has 2 N–H and O–H groups in total. The van der Waals surface area contributed by atoms with E-state index in [1.54, 1.807) is 11.3 Å². The smallest absolute Gasteiger partial charge is 0.180 e. The monoisotopic (exact) mass is 210 g/mol. The fourth-order valence-electron chi connectivity index (χ4n) is 2.40. The number of nitrogen functional groups attached to an aromatic ring is 1. The highest BCUT2D eigenvalue weighted by molar-refractivity contribution is 7.15. The van der Waals surface area contributed by atoms with Gasteiger partial charge in [-0.2, -0.15) is 0 Å². The molecule has 0 aliphatic heterocycles. The minimum absolute atomic E-state index is 0.534. The van der Waals surface area contributed by atoms with Crippen LogP contribution in [0.3, 0.4) is 0 Å². The van der Waals surface area contributed by atoms with Gasteiger partial charge < -0.3 is 5.73 Å². The van der Waals surface area contributed by atoms with E-state index in [0.29, 0.717) is 5.41 Å². The Hall–Kier alpha value is -0.570. The first-order chi connectivity index (χ1) is 6.69. The zero-order valence-corrected chi connectivity index (χ0v) is 9.78. The number of nitrogens with zero attached hydrogens (tertiary/aromatic N) is 1. The average molecular weight is 210 g/mol. The van der Waals surface area contributed by atoms with Gasteiger partial charge in [0.05, 0.1) is 5.69 Å². The van der Waals surface area contributed by atoms with Gasteiger partial charge in [-0.05, 0) is 24.7 Å². The maximum absolute atomic E-state index is 5.74. The maximum Gasteiger partial charge on any atom is 0.180 e. The minimum atomic E-state index is 0.534. The highest BCUT2D eigenvalue weighted by Gasteiger charge is 2.32. The molecule has 1 heterocycles. The van der Waals surface area contributed by atoms with Gasteiger partial charge in [0.2, 0.25) is 0 Å². The Morgan fingerprint density at radius 2 is 2.14 bits per heavy atom. The third-order valence-electron chi connectivity index (χ3n) is 3.72. The number of aromatic nitrogens is 1. The molecule has 0 aromatic carbocycles. The molecule has 1 aromatic rings. The predicted molar refractivity (Wildman–Crippen MR) is 61.6 cm³/mol. The molecule has 0 bridgehead atoms. The number of nitrogens with two attached hydrogens (primary N) is 1. The van der Waals surface area contributed by atoms with Crippen LogP contribution < -0.4 is 5.73 Å². The minimum Gasteiger partial charge on any atom is -0.375 e. The highest BCUT2D eigenvalue weighted by atomic mass is 32.1. The molecule has 0 saturated heterocycles. The van der Waals surface area contributed by atoms with Crippen molar-refractivity contribution in [3.63, 3.8) is 0 Å². The summed E-state index contributed by atoms with van der Waals surface area (Å²) in [7, 11) is 0. The van der Waals surface area contributed by atoms with Crippen LogP contribution in [0.2, 0.25) is 0 Å². The molecule has 2 nitrogen and oxygen atoms in total. The molecular weight excluding hydrogens is 192 g/mol. The van der Waals surface area contributed by atoms with Crippen molar-refractivity contribution in [1.29, 1.82) is 0 Å². The topological polar surface area (TPSA) is 38.9 Å². The Labute approximate surface area is 89.5 Å². The Morgan fingerprint density at radius 3 is 2.79 bits per heavy atom. The summed E-state index contributed by atoms with van der Waals surface area (Å²) in [6.07, 6.45) is 6.17. The lowest BCUT2D eigenvalue weighted by molar-refractivity contribution is 0.225. The molecule has 0 atom stereocenters. The summed E-state index contributed by atoms with van der Waals surface area (Å²) >= 11 is 1.69. The molecule has 0 saturated carbocycles. The molecule has 1 aromatic heterocycles. The summed E-state index contributed by atoms with van der Waals surface area (Å²) in [5, 5.41) is 0.748. The van der Waals surface area contributed by atoms with Gasteiger partial charge in [0, 0.05) is 4.88 Å². The number of hydrogen-bond donors (Lipinski definition) is 1. The van der Waals surface area contributed by atoms with E-state index in [1.807, 2.05) is 0 Å². The van der Waals surface area contributed by atoms with E-state index in [4.69, 9.17) is 5.73 Å². The summed E-state index contributed by atoms with van der Waals surface area (Å²) in [6, 6.07) is 0. The van der Waals surface area contributed by atoms with Crippen LogP contribution in [-0.2, 0) is 12.8 Å². The Morgan fingerprint density at radius 1 is 1.43 bits per heavy atom. The number of hydrogen-bond acceptors (Lipinski definition) is 3. The molecule has 0 spiro atoms. The first-order valence-corrected chi connectivity index (χ1v) is 6.25. The molecule has 1 aliphatic carbocycles. The van der Waals surface area contributed by atoms with Crippen LogP contribution in [-0.4, -0.2) is 4.98 Å². The molecule has 78 valence electrons. The Kier molecular flexibility index (Phi) is 2.52. The standard InChI is InChI=1S/C11H18N2S/c1-3-11(4-2)6-5-8-9(7-11)14-10(12)13-8/h3-7H2,1-2H3,(H2,12,13). The number of rotatable bonds is 2. The number of fused-ring (bicyclic) bond motifs is 1. The van der Waals surface area contributed by atoms with Crippen LogP contribution in [0.4, 0.5) is 5.13 Å². The third-order valence-corrected chi connectivity index (χ3v) is 4.65. The number of aryl methyl sites for hydroxylation is 1. The molecule has 14 heavy (non-hydrogen) atoms. The van der Waals surface area contributed by atoms with E-state index in [9.17, 15) is 0 Å². The molecule has 0 amide bonds. The second-order valence-electron chi connectivity index (χ2n) is 4.31. The van der Waals surface area contributed by atoms with Crippen LogP contribution >= 0.6 is 11.3 Å². The van der Waals surface area contributed by atoms with Crippen LogP contribution in [0.15, 0.2) is 0 Å². The third kappa shape index (κ3) is 1.54. The summed E-state index contributed by atoms with van der Waals surface area (Å²) in [5.41, 5.74) is 7.54. The summed E-state index contributed by atoms with van der Waals surface area (Å²) in [5.74, 6) is 0. The molecule has 3 heteroatoms. The van der Waals surface area contributed by atoms with E-state index in [-0.39, 0.29) is 0 Å². The van der Waals surface area contributed by atoms with Crippen LogP contribution in [0.25, 0.3) is 0 Å². The van der Waals surface area contributed by atoms with Crippen molar-refractivity contribution in [2.45, 2.75) is 46.0 Å². The fraction of sp³-hybridized carbons (Fsp3) is 0.727. The van der Waals surface area contributed by atoms with Gasteiger partial charge in [0.25, 0.3) is 0 Å². The molecule has 0 unspecified atom stereocenters. The zero-order chi connectivity index (χ0) is 10.2. The summed E-state index contributed by atoms with van der Waals surface area (Å²) in [6.45, 7) is 4.61. The first-order valence-electron chi connectivity index (χ1n) is 5.43. The van der Waals surface area contributed by atoms with E-state index in [0.717, 1.165) is 11.6 Å². The fourth-order valence-corrected chi connectivity index (χ4v) is 3.46. The predicted octanol–water partition coefficient (Wildman–Crippen LogP) is 3.02. The van der Waals surface area contributed by atoms with Gasteiger partial charge in [0.15, 0.2) is 5.13 Å². The van der Waals surface area contributed by atoms with Crippen molar-refractivity contribution in [2.24, 2.45) is 5.41 Å². The van der Waals surface area contributed by atoms with Crippen molar-refractivity contribution in [1.82, 2.24) is 4.98 Å². The Balaban J connectivity index is 2.27. The van der Waals surface area contributed by atoms with Crippen molar-refractivity contribution >= 4 is 16.5 Å². The molecule has 1 aliphatic rings. The zero-order valence-electron chi connectivity index (χ0n) is 8.97. The average Bonchev–Trinajstić information content (AvgIpc) is 2.56. The molecule has 0 fully saturated rings. The lowest BCUT2D eigenvalue weighted by Crippen LogP contribution is -2.26. The number of anilines is 1. The SMILES string of the molecule is CCC1(CC)CCc2nc(N)sc2C1. The van der Waals surface area contributed by atoms with Gasteiger partial charge in [-0.25, -0.2) is 4.98 Å². The largest absolute Gasteiger partial charge is 0.375 e. The molecular formula is C11H18N2S. The second-order valence-corrected chi connectivity index (χ2v) is 5.42. The summed E-state index contributed by atoms with van der Waals surface area (Å²) in [4.78, 5) is 5.82. The van der Waals surface area contributed by atoms with Crippen molar-refractivity contribution in [3.8, 4) is 0 Å². The van der Waals surface area contributed by atoms with Gasteiger partial charge in [-0.3, -0.25) is 0 Å². The summed E-state index contributed by atoms with van der Waals surface area (Å²) < 4.78 is 0. The van der Waals surface area contributed by atoms with Gasteiger partial charge in [-0.15, -0.1) is 11.3 Å². The van der Waals surface area contributed by atoms with Crippen LogP contribution in [0.1, 0.15) is 43.7 Å². The van der Waals surface area contributed by atoms with Crippen molar-refractivity contribution in [2.75, 3.05) is 5.73 Å². The van der Waals surface area contributed by atoms with Crippen molar-refractivity contribution in [3.05, 3.63) is 10.6 Å². The normalized spacial score (nSPS) is 19.3. The first kappa shape index (κ1) is 9.97. The maximum atomic E-state index is 5.74. The second kappa shape index (κ2) is 3.54. The quantitative estimate of drug-likeness (QED) is 0.815. The van der Waals surface area contributed by atoms with Gasteiger partial charge >= 0.3 is 0 Å². The van der Waals surface area contributed by atoms with Crippen molar-refractivity contribution < 1.29 is 0 Å². The highest BCUT2D eigenvalue weighted by Crippen LogP contribution is 2.42. The van der Waals surface area contributed by atoms with Crippen LogP contribution in [0, 0.1) is 5.41 Å². The van der Waals surface area contributed by atoms with Gasteiger partial charge in [-0.1, -0.05) is 26.7 Å². The molecule has 2 rings (SSSR count). The van der Waals surface area contributed by atoms with E-state index in [1.165, 1.54) is 36.3 Å². The van der Waals surface area contributed by atoms with Gasteiger partial charge in [0.1, 0.15) is 0 Å². The lowest BCUT2D eigenvalue weighted by Gasteiger charge is -2.34. The van der Waals surface area contributed by atoms with E-state index >= 15 is 0 Å². The van der Waals surface area contributed by atoms with E-state index in [2.05, 4.69) is 18.8 Å². The van der Waals surface area contributed by atoms with E-state index < -0.39 is 0 Å². The Bertz CT molecular complexity index is 326. The van der Waals surface area contributed by atoms with Crippen LogP contribution in [0.5, 0.6) is 0 Å².